The molecule has 2 aliphatic heterocycles. The summed E-state index contributed by atoms with van der Waals surface area (Å²) in [6.07, 6.45) is 8.69. The van der Waals surface area contributed by atoms with Crippen molar-refractivity contribution in [3.63, 3.8) is 0 Å². The number of nitrogens with zero attached hydrogens (tertiary/aromatic N) is 3. The van der Waals surface area contributed by atoms with Crippen LogP contribution >= 0.6 is 23.2 Å². The highest BCUT2D eigenvalue weighted by Gasteiger charge is 2.43. The fourth-order valence-electron chi connectivity index (χ4n) is 4.98. The van der Waals surface area contributed by atoms with Crippen LogP contribution in [0.1, 0.15) is 31.2 Å². The maximum Gasteiger partial charge on any atom is 0.228 e. The van der Waals surface area contributed by atoms with E-state index in [9.17, 15) is 4.79 Å². The van der Waals surface area contributed by atoms with Gasteiger partial charge in [0, 0.05) is 25.3 Å². The topological polar surface area (TPSA) is 70.2 Å². The smallest absolute Gasteiger partial charge is 0.228 e. The molecule has 0 bridgehead atoms. The van der Waals surface area contributed by atoms with E-state index in [4.69, 9.17) is 23.2 Å². The molecule has 8 heteroatoms. The Morgan fingerprint density at radius 1 is 1.17 bits per heavy atom. The lowest BCUT2D eigenvalue weighted by atomic mass is 9.90. The number of halogens is 2. The molecule has 5 rings (SSSR count). The second-order valence-electron chi connectivity index (χ2n) is 8.62. The molecule has 2 N–H and O–H groups in total. The van der Waals surface area contributed by atoms with E-state index < -0.39 is 0 Å². The number of carbonyl (C=O) groups is 1. The molecule has 3 heterocycles. The van der Waals surface area contributed by atoms with E-state index in [1.165, 1.54) is 25.7 Å². The van der Waals surface area contributed by atoms with E-state index in [0.717, 1.165) is 60.3 Å². The molecule has 3 aliphatic rings. The lowest BCUT2D eigenvalue weighted by Crippen LogP contribution is -2.35. The molecule has 1 aromatic heterocycles. The molecule has 1 aliphatic carbocycles. The Labute approximate surface area is 186 Å². The number of benzene rings is 1. The first-order chi connectivity index (χ1) is 14.6. The highest BCUT2D eigenvalue weighted by atomic mass is 35.5. The molecule has 0 radical (unpaired) electrons. The highest BCUT2D eigenvalue weighted by molar-refractivity contribution is 6.34. The van der Waals surface area contributed by atoms with E-state index in [0.29, 0.717) is 16.5 Å². The summed E-state index contributed by atoms with van der Waals surface area (Å²) in [5, 5.41) is 7.51. The molecule has 1 saturated carbocycles. The number of amides is 1. The molecule has 2 fully saturated rings. The Morgan fingerprint density at radius 2 is 1.93 bits per heavy atom. The van der Waals surface area contributed by atoms with Crippen LogP contribution in [0.25, 0.3) is 0 Å². The second kappa shape index (κ2) is 8.23. The van der Waals surface area contributed by atoms with Crippen LogP contribution < -0.4 is 15.5 Å². The summed E-state index contributed by atoms with van der Waals surface area (Å²) in [6.45, 7) is 2.98. The van der Waals surface area contributed by atoms with Gasteiger partial charge in [-0.05, 0) is 61.1 Å². The van der Waals surface area contributed by atoms with Crippen molar-refractivity contribution in [2.24, 2.45) is 17.8 Å². The Bertz CT molecular complexity index is 943. The highest BCUT2D eigenvalue weighted by Crippen LogP contribution is 2.49. The van der Waals surface area contributed by atoms with Crippen molar-refractivity contribution in [3.05, 3.63) is 40.1 Å². The first kappa shape index (κ1) is 19.9. The van der Waals surface area contributed by atoms with Gasteiger partial charge in [-0.1, -0.05) is 23.2 Å². The average molecular weight is 446 g/mol. The Morgan fingerprint density at radius 3 is 2.70 bits per heavy atom. The summed E-state index contributed by atoms with van der Waals surface area (Å²) < 4.78 is 0. The molecule has 6 nitrogen and oxygen atoms in total. The zero-order valence-corrected chi connectivity index (χ0v) is 18.2. The number of fused-ring (bicyclic) bond motifs is 1. The first-order valence-corrected chi connectivity index (χ1v) is 11.4. The molecule has 158 valence electrons. The summed E-state index contributed by atoms with van der Waals surface area (Å²) in [5.41, 5.74) is 2.75. The van der Waals surface area contributed by atoms with Crippen LogP contribution in [0, 0.1) is 17.8 Å². The van der Waals surface area contributed by atoms with Gasteiger partial charge in [0.2, 0.25) is 11.9 Å². The summed E-state index contributed by atoms with van der Waals surface area (Å²) in [4.78, 5) is 22.5. The maximum absolute atomic E-state index is 11.6. The molecule has 1 amide bonds. The van der Waals surface area contributed by atoms with Gasteiger partial charge in [0.25, 0.3) is 0 Å². The van der Waals surface area contributed by atoms with E-state index in [-0.39, 0.29) is 5.91 Å². The number of hydrogen-bond donors (Lipinski definition) is 2. The monoisotopic (exact) mass is 445 g/mol. The molecule has 30 heavy (non-hydrogen) atoms. The fraction of sp³-hybridized carbons (Fsp3) is 0.500. The molecule has 2 atom stereocenters. The number of aromatic nitrogens is 2. The minimum atomic E-state index is 0.0125. The Hall–Kier alpha value is -2.05. The molecule has 0 unspecified atom stereocenters. The largest absolute Gasteiger partial charge is 0.385 e. The van der Waals surface area contributed by atoms with Gasteiger partial charge in [0.15, 0.2) is 0 Å². The van der Waals surface area contributed by atoms with Crippen molar-refractivity contribution >= 4 is 46.4 Å². The maximum atomic E-state index is 11.6. The molecule has 1 saturated heterocycles. The standard InChI is InChI=1S/C22H25Cl2N5O/c23-16-11-26-22(27-12-16)29-5-2-13(3-6-29)18-8-14(18)1-4-25-17-7-15-9-20(30)28-21(15)19(24)10-17/h7,10-14,18,25H,1-6,8-9H2,(H,28,30)/t14-,18-/m1/s1. The third-order valence-electron chi connectivity index (χ3n) is 6.64. The average Bonchev–Trinajstić information content (AvgIpc) is 3.41. The van der Waals surface area contributed by atoms with Gasteiger partial charge in [-0.3, -0.25) is 4.79 Å². The van der Waals surface area contributed by atoms with Crippen LogP contribution in [0.15, 0.2) is 24.5 Å². The quantitative estimate of drug-likeness (QED) is 0.677. The summed E-state index contributed by atoms with van der Waals surface area (Å²) >= 11 is 12.2. The first-order valence-electron chi connectivity index (χ1n) is 10.7. The molecule has 1 aromatic carbocycles. The summed E-state index contributed by atoms with van der Waals surface area (Å²) in [6, 6.07) is 3.95. The van der Waals surface area contributed by atoms with E-state index in [1.807, 2.05) is 12.1 Å². The van der Waals surface area contributed by atoms with Crippen molar-refractivity contribution in [3.8, 4) is 0 Å². The van der Waals surface area contributed by atoms with Crippen molar-refractivity contribution in [2.75, 3.05) is 35.2 Å². The number of nitrogens with one attached hydrogen (secondary N) is 2. The van der Waals surface area contributed by atoms with Crippen LogP contribution in [0.2, 0.25) is 10.0 Å². The van der Waals surface area contributed by atoms with Crippen molar-refractivity contribution in [2.45, 2.75) is 32.1 Å². The van der Waals surface area contributed by atoms with Crippen molar-refractivity contribution in [1.82, 2.24) is 9.97 Å². The molecule has 0 spiro atoms. The van der Waals surface area contributed by atoms with Crippen LogP contribution in [0.3, 0.4) is 0 Å². The summed E-state index contributed by atoms with van der Waals surface area (Å²) in [7, 11) is 0. The normalized spacial score (nSPS) is 23.3. The van der Waals surface area contributed by atoms with Crippen LogP contribution in [-0.2, 0) is 11.2 Å². The SMILES string of the molecule is O=C1Cc2cc(NCC[C@@H]3C[C@@H]3C3CCN(c4ncc(Cl)cn4)CC3)cc(Cl)c2N1. The third-order valence-corrected chi connectivity index (χ3v) is 7.14. The number of rotatable bonds is 6. The summed E-state index contributed by atoms with van der Waals surface area (Å²) in [5.74, 6) is 3.28. The van der Waals surface area contributed by atoms with E-state index in [1.54, 1.807) is 12.4 Å². The number of carbonyl (C=O) groups excluding carboxylic acids is 1. The second-order valence-corrected chi connectivity index (χ2v) is 9.46. The zero-order chi connectivity index (χ0) is 20.7. The molecule has 2 aromatic rings. The van der Waals surface area contributed by atoms with Gasteiger partial charge in [-0.2, -0.15) is 0 Å². The van der Waals surface area contributed by atoms with Gasteiger partial charge < -0.3 is 15.5 Å². The number of hydrogen-bond acceptors (Lipinski definition) is 5. The zero-order valence-electron chi connectivity index (χ0n) is 16.7. The van der Waals surface area contributed by atoms with Crippen molar-refractivity contribution < 1.29 is 4.79 Å². The van der Waals surface area contributed by atoms with Gasteiger partial charge >= 0.3 is 0 Å². The minimum absolute atomic E-state index is 0.0125. The Balaban J connectivity index is 1.07. The van der Waals surface area contributed by atoms with Crippen molar-refractivity contribution in [1.29, 1.82) is 0 Å². The number of anilines is 3. The number of piperidine rings is 1. The van der Waals surface area contributed by atoms with Gasteiger partial charge in [-0.25, -0.2) is 9.97 Å². The minimum Gasteiger partial charge on any atom is -0.385 e. The lowest BCUT2D eigenvalue weighted by molar-refractivity contribution is -0.115. The van der Waals surface area contributed by atoms with E-state index >= 15 is 0 Å². The van der Waals surface area contributed by atoms with Gasteiger partial charge in [0.05, 0.1) is 34.5 Å². The fourth-order valence-corrected chi connectivity index (χ4v) is 5.36. The van der Waals surface area contributed by atoms with Gasteiger partial charge in [-0.15, -0.1) is 0 Å². The third kappa shape index (κ3) is 4.21. The van der Waals surface area contributed by atoms with Crippen LogP contribution in [0.4, 0.5) is 17.3 Å². The van der Waals surface area contributed by atoms with Gasteiger partial charge in [0.1, 0.15) is 0 Å². The predicted molar refractivity (Wildman–Crippen MR) is 120 cm³/mol. The van der Waals surface area contributed by atoms with Crippen LogP contribution in [-0.4, -0.2) is 35.5 Å². The molecular formula is C22H25Cl2N5O. The van der Waals surface area contributed by atoms with Crippen LogP contribution in [0.5, 0.6) is 0 Å². The lowest BCUT2D eigenvalue weighted by Gasteiger charge is -2.32. The molecular weight excluding hydrogens is 421 g/mol. The van der Waals surface area contributed by atoms with E-state index in [2.05, 4.69) is 25.5 Å². The Kier molecular flexibility index (Phi) is 5.46. The predicted octanol–water partition coefficient (Wildman–Crippen LogP) is 4.63.